The SMILES string of the molecule is COc1ccc(Cn2c(=O)n(-c3ccc(Cl)cc3)c(=O)c3sccc32)cc1. The first kappa shape index (κ1) is 17.6. The maximum Gasteiger partial charge on any atom is 0.336 e. The number of thiophene rings is 1. The molecular formula is C20H15ClN2O3S. The van der Waals surface area contributed by atoms with Gasteiger partial charge in [0.15, 0.2) is 0 Å². The van der Waals surface area contributed by atoms with E-state index in [1.54, 1.807) is 42.0 Å². The summed E-state index contributed by atoms with van der Waals surface area (Å²) in [5.41, 5.74) is 1.36. The Morgan fingerprint density at radius 3 is 2.37 bits per heavy atom. The van der Waals surface area contributed by atoms with E-state index < -0.39 is 0 Å². The van der Waals surface area contributed by atoms with Gasteiger partial charge in [0.2, 0.25) is 0 Å². The molecule has 0 saturated heterocycles. The lowest BCUT2D eigenvalue weighted by Gasteiger charge is -2.13. The van der Waals surface area contributed by atoms with E-state index in [4.69, 9.17) is 16.3 Å². The van der Waals surface area contributed by atoms with E-state index in [2.05, 4.69) is 0 Å². The number of nitrogens with zero attached hydrogens (tertiary/aromatic N) is 2. The number of hydrogen-bond donors (Lipinski definition) is 0. The molecule has 27 heavy (non-hydrogen) atoms. The van der Waals surface area contributed by atoms with E-state index in [1.807, 2.05) is 29.6 Å². The van der Waals surface area contributed by atoms with Crippen molar-refractivity contribution in [2.24, 2.45) is 0 Å². The number of halogens is 1. The fourth-order valence-corrected chi connectivity index (χ4v) is 3.92. The maximum atomic E-state index is 13.2. The van der Waals surface area contributed by atoms with Crippen molar-refractivity contribution >= 4 is 33.2 Å². The van der Waals surface area contributed by atoms with Gasteiger partial charge in [0.1, 0.15) is 10.4 Å². The van der Waals surface area contributed by atoms with Gasteiger partial charge in [-0.2, -0.15) is 0 Å². The standard InChI is InChI=1S/C20H15ClN2O3S/c1-26-16-8-2-13(3-9-16)12-22-17-10-11-27-18(17)19(24)23(20(22)25)15-6-4-14(21)5-7-15/h2-11H,12H2,1H3. The van der Waals surface area contributed by atoms with Crippen LogP contribution in [0.1, 0.15) is 5.56 Å². The first-order valence-corrected chi connectivity index (χ1v) is 9.46. The smallest absolute Gasteiger partial charge is 0.336 e. The lowest BCUT2D eigenvalue weighted by Crippen LogP contribution is -2.38. The Kier molecular flexibility index (Phi) is 4.59. The molecule has 2 aromatic heterocycles. The Morgan fingerprint density at radius 2 is 1.70 bits per heavy atom. The van der Waals surface area contributed by atoms with Gasteiger partial charge in [-0.3, -0.25) is 9.36 Å². The lowest BCUT2D eigenvalue weighted by molar-refractivity contribution is 0.414. The molecule has 0 amide bonds. The van der Waals surface area contributed by atoms with Crippen LogP contribution in [-0.2, 0) is 6.54 Å². The Labute approximate surface area is 163 Å². The van der Waals surface area contributed by atoms with E-state index in [9.17, 15) is 9.59 Å². The highest BCUT2D eigenvalue weighted by Crippen LogP contribution is 2.19. The van der Waals surface area contributed by atoms with Crippen LogP contribution in [0.5, 0.6) is 5.75 Å². The van der Waals surface area contributed by atoms with Crippen LogP contribution in [0.2, 0.25) is 5.02 Å². The molecule has 5 nitrogen and oxygen atoms in total. The van der Waals surface area contributed by atoms with Crippen molar-refractivity contribution in [1.82, 2.24) is 9.13 Å². The van der Waals surface area contributed by atoms with E-state index in [1.165, 1.54) is 15.9 Å². The van der Waals surface area contributed by atoms with E-state index in [-0.39, 0.29) is 11.2 Å². The molecule has 0 unspecified atom stereocenters. The molecule has 0 aliphatic carbocycles. The van der Waals surface area contributed by atoms with Crippen molar-refractivity contribution in [3.63, 3.8) is 0 Å². The number of ether oxygens (including phenoxy) is 1. The zero-order valence-electron chi connectivity index (χ0n) is 14.4. The van der Waals surface area contributed by atoms with Gasteiger partial charge in [0.05, 0.1) is 24.9 Å². The van der Waals surface area contributed by atoms with Gasteiger partial charge in [-0.1, -0.05) is 23.7 Å². The Bertz CT molecular complexity index is 1220. The maximum absolute atomic E-state index is 13.2. The van der Waals surface area contributed by atoms with Crippen LogP contribution in [-0.4, -0.2) is 16.2 Å². The number of benzene rings is 2. The average Bonchev–Trinajstić information content (AvgIpc) is 3.17. The minimum Gasteiger partial charge on any atom is -0.497 e. The van der Waals surface area contributed by atoms with Crippen LogP contribution in [0, 0.1) is 0 Å². The zero-order chi connectivity index (χ0) is 19.0. The van der Waals surface area contributed by atoms with Gasteiger partial charge in [-0.15, -0.1) is 11.3 Å². The number of hydrogen-bond acceptors (Lipinski definition) is 4. The molecule has 0 bridgehead atoms. The van der Waals surface area contributed by atoms with Crippen molar-refractivity contribution in [2.75, 3.05) is 7.11 Å². The highest BCUT2D eigenvalue weighted by Gasteiger charge is 2.16. The molecule has 2 heterocycles. The molecule has 4 aromatic rings. The number of methoxy groups -OCH3 is 1. The second kappa shape index (κ2) is 7.06. The quantitative estimate of drug-likeness (QED) is 0.523. The highest BCUT2D eigenvalue weighted by molar-refractivity contribution is 7.17. The highest BCUT2D eigenvalue weighted by atomic mass is 35.5. The summed E-state index contributed by atoms with van der Waals surface area (Å²) in [4.78, 5) is 26.1. The molecule has 0 spiro atoms. The predicted octanol–water partition coefficient (Wildman–Crippen LogP) is 3.92. The fourth-order valence-electron chi connectivity index (χ4n) is 2.97. The number of aromatic nitrogens is 2. The van der Waals surface area contributed by atoms with Gasteiger partial charge in [0, 0.05) is 5.02 Å². The zero-order valence-corrected chi connectivity index (χ0v) is 16.0. The Morgan fingerprint density at radius 1 is 1.00 bits per heavy atom. The molecule has 0 radical (unpaired) electrons. The molecule has 0 fully saturated rings. The summed E-state index contributed by atoms with van der Waals surface area (Å²) in [5.74, 6) is 0.748. The third kappa shape index (κ3) is 3.18. The summed E-state index contributed by atoms with van der Waals surface area (Å²) < 4.78 is 8.53. The molecule has 2 aromatic carbocycles. The normalized spacial score (nSPS) is 11.0. The molecule has 0 atom stereocenters. The summed E-state index contributed by atoms with van der Waals surface area (Å²) >= 11 is 7.27. The first-order valence-electron chi connectivity index (χ1n) is 8.20. The van der Waals surface area contributed by atoms with Gasteiger partial charge < -0.3 is 4.74 Å². The molecule has 0 saturated carbocycles. The van der Waals surface area contributed by atoms with E-state index >= 15 is 0 Å². The fraction of sp³-hybridized carbons (Fsp3) is 0.100. The molecule has 0 aliphatic heterocycles. The first-order chi connectivity index (χ1) is 13.1. The van der Waals surface area contributed by atoms with Crippen molar-refractivity contribution in [1.29, 1.82) is 0 Å². The van der Waals surface area contributed by atoms with Crippen molar-refractivity contribution < 1.29 is 4.74 Å². The lowest BCUT2D eigenvalue weighted by atomic mass is 10.2. The monoisotopic (exact) mass is 398 g/mol. The summed E-state index contributed by atoms with van der Waals surface area (Å²) in [7, 11) is 1.61. The van der Waals surface area contributed by atoms with Crippen LogP contribution in [0.25, 0.3) is 15.9 Å². The number of fused-ring (bicyclic) bond motifs is 1. The second-order valence-corrected chi connectivity index (χ2v) is 7.32. The van der Waals surface area contributed by atoms with Gasteiger partial charge in [0.25, 0.3) is 5.56 Å². The van der Waals surface area contributed by atoms with Crippen molar-refractivity contribution in [2.45, 2.75) is 6.54 Å². The average molecular weight is 399 g/mol. The van der Waals surface area contributed by atoms with Crippen LogP contribution >= 0.6 is 22.9 Å². The van der Waals surface area contributed by atoms with Gasteiger partial charge in [-0.05, 0) is 53.4 Å². The van der Waals surface area contributed by atoms with Crippen molar-refractivity contribution in [3.05, 3.63) is 91.4 Å². The van der Waals surface area contributed by atoms with Crippen LogP contribution in [0.4, 0.5) is 0 Å². The molecule has 136 valence electrons. The van der Waals surface area contributed by atoms with Gasteiger partial charge >= 0.3 is 5.69 Å². The summed E-state index contributed by atoms with van der Waals surface area (Å²) in [6.07, 6.45) is 0. The summed E-state index contributed by atoms with van der Waals surface area (Å²) in [6.45, 7) is 0.351. The van der Waals surface area contributed by atoms with Crippen molar-refractivity contribution in [3.8, 4) is 11.4 Å². The van der Waals surface area contributed by atoms with Crippen LogP contribution in [0.3, 0.4) is 0 Å². The number of rotatable bonds is 4. The summed E-state index contributed by atoms with van der Waals surface area (Å²) in [6, 6.07) is 16.0. The largest absolute Gasteiger partial charge is 0.497 e. The van der Waals surface area contributed by atoms with Crippen LogP contribution in [0.15, 0.2) is 69.6 Å². The minimum absolute atomic E-state index is 0.321. The third-order valence-electron chi connectivity index (χ3n) is 4.34. The van der Waals surface area contributed by atoms with E-state index in [0.717, 1.165) is 11.3 Å². The molecule has 4 rings (SSSR count). The second-order valence-electron chi connectivity index (χ2n) is 5.97. The molecular weight excluding hydrogens is 384 g/mol. The molecule has 7 heteroatoms. The molecule has 0 N–H and O–H groups in total. The minimum atomic E-state index is -0.385. The summed E-state index contributed by atoms with van der Waals surface area (Å²) in [5, 5.41) is 2.37. The van der Waals surface area contributed by atoms with E-state index in [0.29, 0.717) is 27.5 Å². The Hall–Kier alpha value is -2.83. The van der Waals surface area contributed by atoms with Gasteiger partial charge in [-0.25, -0.2) is 9.36 Å². The predicted molar refractivity (Wildman–Crippen MR) is 109 cm³/mol. The Balaban J connectivity index is 1.91. The third-order valence-corrected chi connectivity index (χ3v) is 5.48. The topological polar surface area (TPSA) is 53.2 Å². The molecule has 0 aliphatic rings. The van der Waals surface area contributed by atoms with Crippen LogP contribution < -0.4 is 16.0 Å².